The number of benzene rings is 4. The Labute approximate surface area is 178 Å². The Morgan fingerprint density at radius 1 is 0.500 bits per heavy atom. The van der Waals surface area contributed by atoms with Gasteiger partial charge in [0.05, 0.1) is 0 Å². The second kappa shape index (κ2) is 7.72. The molecule has 0 saturated heterocycles. The van der Waals surface area contributed by atoms with E-state index in [2.05, 4.69) is 109 Å². The molecule has 0 amide bonds. The zero-order chi connectivity index (χ0) is 20.5. The second-order valence-corrected chi connectivity index (χ2v) is 7.91. The Bertz CT molecular complexity index is 1100. The predicted octanol–water partition coefficient (Wildman–Crippen LogP) is 7.14. The molecule has 0 unspecified atom stereocenters. The van der Waals surface area contributed by atoms with Gasteiger partial charge in [-0.25, -0.2) is 0 Å². The quantitative estimate of drug-likeness (QED) is 0.380. The normalized spacial score (nSPS) is 12.6. The van der Waals surface area contributed by atoms with Gasteiger partial charge in [-0.3, -0.25) is 0 Å². The summed E-state index contributed by atoms with van der Waals surface area (Å²) in [6.45, 7) is 6.30. The van der Waals surface area contributed by atoms with E-state index in [9.17, 15) is 0 Å². The molecule has 0 bridgehead atoms. The highest BCUT2D eigenvalue weighted by molar-refractivity contribution is 5.96. The minimum Gasteiger partial charge on any atom is -0.383 e. The van der Waals surface area contributed by atoms with E-state index in [4.69, 9.17) is 0 Å². The van der Waals surface area contributed by atoms with Crippen LogP contribution in [0.3, 0.4) is 0 Å². The predicted molar refractivity (Wildman–Crippen MR) is 129 cm³/mol. The molecule has 30 heavy (non-hydrogen) atoms. The zero-order valence-electron chi connectivity index (χ0n) is 17.5. The lowest BCUT2D eigenvalue weighted by atomic mass is 9.85. The van der Waals surface area contributed by atoms with Crippen molar-refractivity contribution >= 4 is 11.4 Å². The Hall–Kier alpha value is -3.52. The highest BCUT2D eigenvalue weighted by atomic mass is 15.0. The van der Waals surface area contributed by atoms with Crippen LogP contribution in [-0.2, 0) is 0 Å². The standard InChI is InChI=1S/C28H26N2/c1-19-23(21-9-5-3-6-10-21)13-15-25-27(19)28-20(2)24(22-11-7-4-8-12-22)14-16-26(28)30-18-17-29-25/h3-16,29-30H,17-18H2,1-2H3. The summed E-state index contributed by atoms with van der Waals surface area (Å²) in [5.74, 6) is 0. The summed E-state index contributed by atoms with van der Waals surface area (Å²) in [7, 11) is 0. The van der Waals surface area contributed by atoms with Gasteiger partial charge in [-0.05, 0) is 59.4 Å². The van der Waals surface area contributed by atoms with Crippen LogP contribution in [0.25, 0.3) is 33.4 Å². The molecule has 2 heteroatoms. The van der Waals surface area contributed by atoms with Crippen LogP contribution >= 0.6 is 0 Å². The van der Waals surface area contributed by atoms with Gasteiger partial charge in [-0.15, -0.1) is 0 Å². The van der Waals surface area contributed by atoms with Gasteiger partial charge in [0.15, 0.2) is 0 Å². The van der Waals surface area contributed by atoms with Crippen LogP contribution in [0.5, 0.6) is 0 Å². The molecule has 148 valence electrons. The second-order valence-electron chi connectivity index (χ2n) is 7.91. The Balaban J connectivity index is 1.79. The number of rotatable bonds is 2. The first-order valence-electron chi connectivity index (χ1n) is 10.6. The average molecular weight is 391 g/mol. The van der Waals surface area contributed by atoms with Crippen LogP contribution in [-0.4, -0.2) is 13.1 Å². The summed E-state index contributed by atoms with van der Waals surface area (Å²) in [4.78, 5) is 0. The van der Waals surface area contributed by atoms with Crippen molar-refractivity contribution in [1.82, 2.24) is 0 Å². The molecule has 5 rings (SSSR count). The first-order chi connectivity index (χ1) is 14.7. The van der Waals surface area contributed by atoms with E-state index in [1.807, 2.05) is 0 Å². The van der Waals surface area contributed by atoms with Crippen molar-refractivity contribution in [3.05, 3.63) is 96.1 Å². The highest BCUT2D eigenvalue weighted by Crippen LogP contribution is 2.45. The number of hydrogen-bond donors (Lipinski definition) is 2. The van der Waals surface area contributed by atoms with Crippen LogP contribution in [0.2, 0.25) is 0 Å². The van der Waals surface area contributed by atoms with E-state index in [-0.39, 0.29) is 0 Å². The molecule has 0 aromatic heterocycles. The van der Waals surface area contributed by atoms with Crippen LogP contribution in [0, 0.1) is 13.8 Å². The molecule has 1 heterocycles. The van der Waals surface area contributed by atoms with E-state index in [0.29, 0.717) is 0 Å². The molecule has 0 saturated carbocycles. The molecule has 1 aliphatic rings. The minimum absolute atomic E-state index is 0.899. The first-order valence-corrected chi connectivity index (χ1v) is 10.6. The van der Waals surface area contributed by atoms with Gasteiger partial charge in [0.2, 0.25) is 0 Å². The summed E-state index contributed by atoms with van der Waals surface area (Å²) in [5.41, 5.74) is 12.7. The van der Waals surface area contributed by atoms with E-state index in [0.717, 1.165) is 13.1 Å². The van der Waals surface area contributed by atoms with Gasteiger partial charge in [0.25, 0.3) is 0 Å². The third kappa shape index (κ3) is 3.15. The molecule has 0 atom stereocenters. The summed E-state index contributed by atoms with van der Waals surface area (Å²) in [6, 6.07) is 30.3. The number of hydrogen-bond acceptors (Lipinski definition) is 2. The number of nitrogens with one attached hydrogen (secondary N) is 2. The van der Waals surface area contributed by atoms with Crippen molar-refractivity contribution in [2.24, 2.45) is 0 Å². The Morgan fingerprint density at radius 2 is 0.900 bits per heavy atom. The molecule has 1 aliphatic heterocycles. The van der Waals surface area contributed by atoms with Crippen molar-refractivity contribution in [2.75, 3.05) is 23.7 Å². The van der Waals surface area contributed by atoms with Crippen LogP contribution in [0.4, 0.5) is 11.4 Å². The summed E-state index contributed by atoms with van der Waals surface area (Å²) < 4.78 is 0. The molecular formula is C28H26N2. The molecule has 4 aromatic carbocycles. The molecule has 0 spiro atoms. The van der Waals surface area contributed by atoms with Crippen LogP contribution in [0.15, 0.2) is 84.9 Å². The van der Waals surface area contributed by atoms with Crippen LogP contribution in [0.1, 0.15) is 11.1 Å². The number of fused-ring (bicyclic) bond motifs is 3. The fourth-order valence-corrected chi connectivity index (χ4v) is 4.62. The molecule has 2 nitrogen and oxygen atoms in total. The van der Waals surface area contributed by atoms with Gasteiger partial charge in [-0.2, -0.15) is 0 Å². The van der Waals surface area contributed by atoms with E-state index in [1.54, 1.807) is 0 Å². The summed E-state index contributed by atoms with van der Waals surface area (Å²) in [6.07, 6.45) is 0. The minimum atomic E-state index is 0.899. The smallest absolute Gasteiger partial charge is 0.0424 e. The molecule has 0 fully saturated rings. The third-order valence-corrected chi connectivity index (χ3v) is 6.11. The van der Waals surface area contributed by atoms with Crippen molar-refractivity contribution in [1.29, 1.82) is 0 Å². The molecule has 4 aromatic rings. The zero-order valence-corrected chi connectivity index (χ0v) is 17.5. The maximum atomic E-state index is 3.65. The molecule has 0 radical (unpaired) electrons. The van der Waals surface area contributed by atoms with E-state index in [1.165, 1.54) is 55.9 Å². The van der Waals surface area contributed by atoms with E-state index < -0.39 is 0 Å². The molecule has 2 N–H and O–H groups in total. The van der Waals surface area contributed by atoms with Crippen molar-refractivity contribution in [3.63, 3.8) is 0 Å². The fraction of sp³-hybridized carbons (Fsp3) is 0.143. The lowest BCUT2D eigenvalue weighted by Gasteiger charge is -2.26. The average Bonchev–Trinajstić information content (AvgIpc) is 2.77. The number of anilines is 2. The largest absolute Gasteiger partial charge is 0.383 e. The third-order valence-electron chi connectivity index (χ3n) is 6.11. The van der Waals surface area contributed by atoms with Crippen molar-refractivity contribution < 1.29 is 0 Å². The molecule has 0 aliphatic carbocycles. The Kier molecular flexibility index (Phi) is 4.76. The van der Waals surface area contributed by atoms with Gasteiger partial charge < -0.3 is 10.6 Å². The lowest BCUT2D eigenvalue weighted by molar-refractivity contribution is 1.07. The Morgan fingerprint density at radius 3 is 1.30 bits per heavy atom. The van der Waals surface area contributed by atoms with Gasteiger partial charge in [0, 0.05) is 35.6 Å². The van der Waals surface area contributed by atoms with Gasteiger partial charge >= 0.3 is 0 Å². The monoisotopic (exact) mass is 390 g/mol. The summed E-state index contributed by atoms with van der Waals surface area (Å²) in [5, 5.41) is 7.30. The van der Waals surface area contributed by atoms with Crippen molar-refractivity contribution in [2.45, 2.75) is 13.8 Å². The topological polar surface area (TPSA) is 24.1 Å². The van der Waals surface area contributed by atoms with Gasteiger partial charge in [0.1, 0.15) is 0 Å². The maximum Gasteiger partial charge on any atom is 0.0424 e. The fourth-order valence-electron chi connectivity index (χ4n) is 4.62. The maximum absolute atomic E-state index is 3.65. The van der Waals surface area contributed by atoms with Gasteiger partial charge in [-0.1, -0.05) is 72.8 Å². The molecular weight excluding hydrogens is 364 g/mol. The van der Waals surface area contributed by atoms with Crippen molar-refractivity contribution in [3.8, 4) is 33.4 Å². The summed E-state index contributed by atoms with van der Waals surface area (Å²) >= 11 is 0. The van der Waals surface area contributed by atoms with Crippen LogP contribution < -0.4 is 10.6 Å². The first kappa shape index (κ1) is 18.5. The lowest BCUT2D eigenvalue weighted by Crippen LogP contribution is -2.18. The van der Waals surface area contributed by atoms with E-state index >= 15 is 0 Å². The SMILES string of the molecule is Cc1c(-c2ccccc2)ccc2c1-c1c(ccc(-c3ccccc3)c1C)NCCN2. The highest BCUT2D eigenvalue weighted by Gasteiger charge is 2.21.